The molecule has 0 aliphatic rings. The van der Waals surface area contributed by atoms with Crippen LogP contribution in [0.4, 0.5) is 0 Å². The van der Waals surface area contributed by atoms with Crippen LogP contribution in [-0.4, -0.2) is 38.3 Å². The standard InChI is InChI=1S/C9H21NO/c1-5-10(4)7-9(3)8-11-6-2/h9H,5-8H2,1-4H3. The van der Waals surface area contributed by atoms with Gasteiger partial charge in [0.2, 0.25) is 0 Å². The fraction of sp³-hybridized carbons (Fsp3) is 1.00. The zero-order chi connectivity index (χ0) is 8.69. The average Bonchev–Trinajstić information content (AvgIpc) is 2.00. The molecule has 0 aromatic rings. The third-order valence-electron chi connectivity index (χ3n) is 1.77. The molecule has 0 aromatic heterocycles. The van der Waals surface area contributed by atoms with Gasteiger partial charge in [0.25, 0.3) is 0 Å². The minimum atomic E-state index is 0.653. The fourth-order valence-corrected chi connectivity index (χ4v) is 1.03. The van der Waals surface area contributed by atoms with Crippen LogP contribution in [0, 0.1) is 5.92 Å². The summed E-state index contributed by atoms with van der Waals surface area (Å²) in [6.07, 6.45) is 0. The van der Waals surface area contributed by atoms with Gasteiger partial charge in [-0.15, -0.1) is 0 Å². The molecule has 0 rings (SSSR count). The van der Waals surface area contributed by atoms with E-state index in [1.54, 1.807) is 0 Å². The van der Waals surface area contributed by atoms with E-state index >= 15 is 0 Å². The Kier molecular flexibility index (Phi) is 6.57. The molecule has 68 valence electrons. The number of hydrogen-bond donors (Lipinski definition) is 0. The normalized spacial score (nSPS) is 13.9. The first-order chi connectivity index (χ1) is 5.20. The molecule has 0 saturated carbocycles. The Morgan fingerprint density at radius 3 is 2.45 bits per heavy atom. The SMILES string of the molecule is CCOCC(C)CN(C)CC. The third kappa shape index (κ3) is 6.32. The maximum absolute atomic E-state index is 5.31. The summed E-state index contributed by atoms with van der Waals surface area (Å²) in [6, 6.07) is 0. The molecule has 0 aliphatic heterocycles. The minimum Gasteiger partial charge on any atom is -0.381 e. The van der Waals surface area contributed by atoms with Gasteiger partial charge in [-0.3, -0.25) is 0 Å². The van der Waals surface area contributed by atoms with Crippen molar-refractivity contribution in [3.8, 4) is 0 Å². The Morgan fingerprint density at radius 2 is 2.00 bits per heavy atom. The van der Waals surface area contributed by atoms with Gasteiger partial charge in [-0.2, -0.15) is 0 Å². The van der Waals surface area contributed by atoms with E-state index in [0.717, 1.165) is 26.3 Å². The van der Waals surface area contributed by atoms with Crippen LogP contribution in [0.25, 0.3) is 0 Å². The van der Waals surface area contributed by atoms with Crippen molar-refractivity contribution in [1.82, 2.24) is 4.90 Å². The van der Waals surface area contributed by atoms with Gasteiger partial charge in [0, 0.05) is 13.2 Å². The van der Waals surface area contributed by atoms with E-state index in [1.165, 1.54) is 0 Å². The van der Waals surface area contributed by atoms with Crippen LogP contribution in [0.2, 0.25) is 0 Å². The molecule has 1 unspecified atom stereocenters. The van der Waals surface area contributed by atoms with Crippen molar-refractivity contribution in [3.05, 3.63) is 0 Å². The Balaban J connectivity index is 3.27. The lowest BCUT2D eigenvalue weighted by Crippen LogP contribution is -2.26. The average molecular weight is 159 g/mol. The summed E-state index contributed by atoms with van der Waals surface area (Å²) in [7, 11) is 2.14. The van der Waals surface area contributed by atoms with Gasteiger partial charge in [0.1, 0.15) is 0 Å². The molecular weight excluding hydrogens is 138 g/mol. The Hall–Kier alpha value is -0.0800. The summed E-state index contributed by atoms with van der Waals surface area (Å²) >= 11 is 0. The molecule has 0 fully saturated rings. The topological polar surface area (TPSA) is 12.5 Å². The van der Waals surface area contributed by atoms with Gasteiger partial charge in [-0.1, -0.05) is 13.8 Å². The highest BCUT2D eigenvalue weighted by Gasteiger charge is 2.03. The molecule has 11 heavy (non-hydrogen) atoms. The lowest BCUT2D eigenvalue weighted by molar-refractivity contribution is 0.102. The lowest BCUT2D eigenvalue weighted by Gasteiger charge is -2.19. The molecule has 0 N–H and O–H groups in total. The van der Waals surface area contributed by atoms with Crippen molar-refractivity contribution in [1.29, 1.82) is 0 Å². The van der Waals surface area contributed by atoms with E-state index < -0.39 is 0 Å². The van der Waals surface area contributed by atoms with Crippen LogP contribution in [0.5, 0.6) is 0 Å². The molecule has 0 heterocycles. The highest BCUT2D eigenvalue weighted by atomic mass is 16.5. The predicted octanol–water partition coefficient (Wildman–Crippen LogP) is 1.61. The zero-order valence-corrected chi connectivity index (χ0v) is 8.26. The van der Waals surface area contributed by atoms with E-state index in [4.69, 9.17) is 4.74 Å². The second-order valence-electron chi connectivity index (χ2n) is 3.12. The Morgan fingerprint density at radius 1 is 1.36 bits per heavy atom. The summed E-state index contributed by atoms with van der Waals surface area (Å²) in [5.74, 6) is 0.653. The molecule has 0 bridgehead atoms. The molecule has 0 saturated heterocycles. The molecule has 0 radical (unpaired) electrons. The van der Waals surface area contributed by atoms with Crippen molar-refractivity contribution in [2.75, 3.05) is 33.4 Å². The third-order valence-corrected chi connectivity index (χ3v) is 1.77. The maximum Gasteiger partial charge on any atom is 0.0503 e. The molecule has 0 amide bonds. The number of hydrogen-bond acceptors (Lipinski definition) is 2. The first kappa shape index (κ1) is 10.9. The smallest absolute Gasteiger partial charge is 0.0503 e. The van der Waals surface area contributed by atoms with Gasteiger partial charge in [0.05, 0.1) is 6.61 Å². The molecule has 0 aliphatic carbocycles. The highest BCUT2D eigenvalue weighted by molar-refractivity contribution is 4.56. The first-order valence-electron chi connectivity index (χ1n) is 4.47. The summed E-state index contributed by atoms with van der Waals surface area (Å²) < 4.78 is 5.31. The largest absolute Gasteiger partial charge is 0.381 e. The van der Waals surface area contributed by atoms with Crippen molar-refractivity contribution in [2.24, 2.45) is 5.92 Å². The van der Waals surface area contributed by atoms with Gasteiger partial charge in [-0.25, -0.2) is 0 Å². The van der Waals surface area contributed by atoms with Crippen LogP contribution >= 0.6 is 0 Å². The highest BCUT2D eigenvalue weighted by Crippen LogP contribution is 1.98. The van der Waals surface area contributed by atoms with Crippen molar-refractivity contribution in [3.63, 3.8) is 0 Å². The monoisotopic (exact) mass is 159 g/mol. The maximum atomic E-state index is 5.31. The summed E-state index contributed by atoms with van der Waals surface area (Å²) in [5.41, 5.74) is 0. The van der Waals surface area contributed by atoms with Crippen LogP contribution in [0.15, 0.2) is 0 Å². The van der Waals surface area contributed by atoms with E-state index in [0.29, 0.717) is 5.92 Å². The Bertz CT molecular complexity index is 85.6. The van der Waals surface area contributed by atoms with Crippen molar-refractivity contribution < 1.29 is 4.74 Å². The molecule has 2 nitrogen and oxygen atoms in total. The Labute approximate surface area is 70.5 Å². The van der Waals surface area contributed by atoms with E-state index in [2.05, 4.69) is 25.8 Å². The van der Waals surface area contributed by atoms with Gasteiger partial charge < -0.3 is 9.64 Å². The second-order valence-corrected chi connectivity index (χ2v) is 3.12. The van der Waals surface area contributed by atoms with E-state index in [9.17, 15) is 0 Å². The van der Waals surface area contributed by atoms with Crippen LogP contribution < -0.4 is 0 Å². The summed E-state index contributed by atoms with van der Waals surface area (Å²) in [6.45, 7) is 10.4. The molecular formula is C9H21NO. The van der Waals surface area contributed by atoms with Gasteiger partial charge >= 0.3 is 0 Å². The van der Waals surface area contributed by atoms with Crippen molar-refractivity contribution in [2.45, 2.75) is 20.8 Å². The van der Waals surface area contributed by atoms with Gasteiger partial charge in [0.15, 0.2) is 0 Å². The summed E-state index contributed by atoms with van der Waals surface area (Å²) in [4.78, 5) is 2.31. The summed E-state index contributed by atoms with van der Waals surface area (Å²) in [5, 5.41) is 0. The predicted molar refractivity (Wildman–Crippen MR) is 48.8 cm³/mol. The molecule has 2 heteroatoms. The fourth-order valence-electron chi connectivity index (χ4n) is 1.03. The number of rotatable bonds is 6. The van der Waals surface area contributed by atoms with E-state index in [1.807, 2.05) is 6.92 Å². The van der Waals surface area contributed by atoms with Crippen LogP contribution in [0.3, 0.4) is 0 Å². The molecule has 0 spiro atoms. The quantitative estimate of drug-likeness (QED) is 0.584. The van der Waals surface area contributed by atoms with Crippen molar-refractivity contribution >= 4 is 0 Å². The first-order valence-corrected chi connectivity index (χ1v) is 4.47. The van der Waals surface area contributed by atoms with Crippen LogP contribution in [-0.2, 0) is 4.74 Å². The number of nitrogens with zero attached hydrogens (tertiary/aromatic N) is 1. The zero-order valence-electron chi connectivity index (χ0n) is 8.26. The lowest BCUT2D eigenvalue weighted by atomic mass is 10.2. The second kappa shape index (κ2) is 6.62. The molecule has 0 aromatic carbocycles. The van der Waals surface area contributed by atoms with Crippen LogP contribution in [0.1, 0.15) is 20.8 Å². The molecule has 1 atom stereocenters. The van der Waals surface area contributed by atoms with E-state index in [-0.39, 0.29) is 0 Å². The number of ether oxygens (including phenoxy) is 1. The minimum absolute atomic E-state index is 0.653. The van der Waals surface area contributed by atoms with Gasteiger partial charge in [-0.05, 0) is 26.4 Å².